The molecule has 0 unspecified atom stereocenters. The molecular formula is C13H31NO5SSi. The van der Waals surface area contributed by atoms with Crippen LogP contribution in [0, 0.1) is 0 Å². The largest absolute Gasteiger partial charge is 0.748 e. The van der Waals surface area contributed by atoms with Crippen molar-refractivity contribution >= 4 is 18.7 Å². The van der Waals surface area contributed by atoms with Gasteiger partial charge in [-0.2, -0.15) is 0 Å². The first-order chi connectivity index (χ1) is 9.54. The third-order valence-electron chi connectivity index (χ3n) is 3.45. The standard InChI is InChI=1S/C13H31NO5SSi/c1-6-18-21(5,19-7-2)13-9-11-14(3,4)10-8-12-20(15,16)17/h6-13H2,1-5H3. The monoisotopic (exact) mass is 341 g/mol. The highest BCUT2D eigenvalue weighted by atomic mass is 32.2. The molecule has 0 radical (unpaired) electrons. The number of rotatable bonds is 12. The van der Waals surface area contributed by atoms with E-state index in [4.69, 9.17) is 8.85 Å². The first-order valence-electron chi connectivity index (χ1n) is 7.57. The van der Waals surface area contributed by atoms with E-state index in [0.717, 1.165) is 19.0 Å². The zero-order valence-electron chi connectivity index (χ0n) is 14.1. The molecule has 0 aromatic carbocycles. The Balaban J connectivity index is 4.17. The minimum Gasteiger partial charge on any atom is -0.748 e. The molecule has 0 atom stereocenters. The van der Waals surface area contributed by atoms with Crippen molar-refractivity contribution in [1.29, 1.82) is 0 Å². The van der Waals surface area contributed by atoms with Crippen molar-refractivity contribution in [3.63, 3.8) is 0 Å². The third kappa shape index (κ3) is 11.3. The second-order valence-electron chi connectivity index (χ2n) is 6.10. The van der Waals surface area contributed by atoms with Crippen LogP contribution in [0.5, 0.6) is 0 Å². The Morgan fingerprint density at radius 1 is 1.05 bits per heavy atom. The van der Waals surface area contributed by atoms with E-state index in [-0.39, 0.29) is 5.75 Å². The van der Waals surface area contributed by atoms with Crippen LogP contribution in [0.2, 0.25) is 12.6 Å². The highest BCUT2D eigenvalue weighted by Gasteiger charge is 2.31. The molecule has 0 bridgehead atoms. The molecular weight excluding hydrogens is 310 g/mol. The van der Waals surface area contributed by atoms with Crippen molar-refractivity contribution in [2.45, 2.75) is 39.3 Å². The van der Waals surface area contributed by atoms with Crippen LogP contribution in [0.15, 0.2) is 0 Å². The van der Waals surface area contributed by atoms with Crippen molar-refractivity contribution in [3.8, 4) is 0 Å². The highest BCUT2D eigenvalue weighted by Crippen LogP contribution is 2.17. The summed E-state index contributed by atoms with van der Waals surface area (Å²) >= 11 is 0. The van der Waals surface area contributed by atoms with Crippen LogP contribution in [0.3, 0.4) is 0 Å². The van der Waals surface area contributed by atoms with Crippen molar-refractivity contribution in [2.24, 2.45) is 0 Å². The Bertz CT molecular complexity index is 380. The van der Waals surface area contributed by atoms with Crippen LogP contribution in [-0.4, -0.2) is 72.2 Å². The number of nitrogens with zero attached hydrogens (tertiary/aromatic N) is 1. The predicted molar refractivity (Wildman–Crippen MR) is 85.3 cm³/mol. The minimum atomic E-state index is -4.10. The molecule has 0 saturated carbocycles. The summed E-state index contributed by atoms with van der Waals surface area (Å²) in [5.74, 6) is -0.279. The van der Waals surface area contributed by atoms with E-state index in [2.05, 4.69) is 20.6 Å². The van der Waals surface area contributed by atoms with Gasteiger partial charge >= 0.3 is 8.56 Å². The van der Waals surface area contributed by atoms with Crippen molar-refractivity contribution < 1.29 is 26.3 Å². The molecule has 128 valence electrons. The molecule has 0 saturated heterocycles. The maximum atomic E-state index is 10.6. The molecule has 0 aliphatic carbocycles. The average molecular weight is 342 g/mol. The maximum absolute atomic E-state index is 10.6. The maximum Gasteiger partial charge on any atom is 0.335 e. The molecule has 0 spiro atoms. The quantitative estimate of drug-likeness (QED) is 0.306. The zero-order valence-corrected chi connectivity index (χ0v) is 15.9. The molecule has 0 rings (SSSR count). The van der Waals surface area contributed by atoms with Gasteiger partial charge in [0.15, 0.2) is 0 Å². The number of hydrogen-bond acceptors (Lipinski definition) is 5. The Kier molecular flexibility index (Phi) is 9.22. The molecule has 0 N–H and O–H groups in total. The van der Waals surface area contributed by atoms with E-state index in [1.807, 2.05) is 13.8 Å². The van der Waals surface area contributed by atoms with Gasteiger partial charge in [-0.25, -0.2) is 8.42 Å². The SMILES string of the molecule is CCO[Si](C)(CCC[N+](C)(C)CCCS(=O)(=O)[O-])OCC. The van der Waals surface area contributed by atoms with Gasteiger partial charge in [-0.05, 0) is 32.9 Å². The fourth-order valence-corrected chi connectivity index (χ4v) is 5.28. The lowest BCUT2D eigenvalue weighted by molar-refractivity contribution is -0.890. The van der Waals surface area contributed by atoms with E-state index in [9.17, 15) is 13.0 Å². The minimum absolute atomic E-state index is 0.279. The van der Waals surface area contributed by atoms with Crippen LogP contribution < -0.4 is 0 Å². The first kappa shape index (κ1) is 21.0. The van der Waals surface area contributed by atoms with E-state index in [1.54, 1.807) is 0 Å². The third-order valence-corrected chi connectivity index (χ3v) is 7.30. The van der Waals surface area contributed by atoms with Gasteiger partial charge in [0.2, 0.25) is 0 Å². The molecule has 0 amide bonds. The summed E-state index contributed by atoms with van der Waals surface area (Å²) in [5.41, 5.74) is 0. The molecule has 6 nitrogen and oxygen atoms in total. The van der Waals surface area contributed by atoms with Gasteiger partial charge in [-0.3, -0.25) is 0 Å². The molecule has 0 aromatic heterocycles. The lowest BCUT2D eigenvalue weighted by Gasteiger charge is -2.32. The van der Waals surface area contributed by atoms with Gasteiger partial charge in [0.25, 0.3) is 0 Å². The Morgan fingerprint density at radius 2 is 1.52 bits per heavy atom. The van der Waals surface area contributed by atoms with E-state index in [1.165, 1.54) is 0 Å². The summed E-state index contributed by atoms with van der Waals surface area (Å²) in [6.45, 7) is 8.99. The average Bonchev–Trinajstić information content (AvgIpc) is 2.26. The van der Waals surface area contributed by atoms with Gasteiger partial charge < -0.3 is 17.9 Å². The van der Waals surface area contributed by atoms with Gasteiger partial charge in [0.1, 0.15) is 0 Å². The normalized spacial score (nSPS) is 13.6. The molecule has 21 heavy (non-hydrogen) atoms. The van der Waals surface area contributed by atoms with Gasteiger partial charge in [0.05, 0.1) is 37.3 Å². The van der Waals surface area contributed by atoms with E-state index in [0.29, 0.717) is 30.7 Å². The molecule has 8 heteroatoms. The fraction of sp³-hybridized carbons (Fsp3) is 1.00. The van der Waals surface area contributed by atoms with Crippen LogP contribution >= 0.6 is 0 Å². The van der Waals surface area contributed by atoms with Crippen LogP contribution in [0.25, 0.3) is 0 Å². The van der Waals surface area contributed by atoms with E-state index >= 15 is 0 Å². The Hall–Kier alpha value is 0.00688. The molecule has 0 aromatic rings. The molecule has 0 heterocycles. The summed E-state index contributed by atoms with van der Waals surface area (Å²) in [6.07, 6.45) is 1.38. The predicted octanol–water partition coefficient (Wildman–Crippen LogP) is 1.53. The lowest BCUT2D eigenvalue weighted by atomic mass is 10.3. The van der Waals surface area contributed by atoms with Crippen molar-refractivity contribution in [3.05, 3.63) is 0 Å². The summed E-state index contributed by atoms with van der Waals surface area (Å²) in [6, 6.07) is 0.927. The summed E-state index contributed by atoms with van der Waals surface area (Å²) in [7, 11) is -2.06. The van der Waals surface area contributed by atoms with Gasteiger partial charge in [-0.1, -0.05) is 0 Å². The van der Waals surface area contributed by atoms with Crippen LogP contribution in [-0.2, 0) is 19.0 Å². The molecule has 0 aliphatic rings. The first-order valence-corrected chi connectivity index (χ1v) is 11.7. The van der Waals surface area contributed by atoms with E-state index < -0.39 is 18.7 Å². The molecule has 0 fully saturated rings. The summed E-state index contributed by atoms with van der Waals surface area (Å²) in [5, 5.41) is 0. The fourth-order valence-electron chi connectivity index (χ4n) is 2.41. The summed E-state index contributed by atoms with van der Waals surface area (Å²) < 4.78 is 44.2. The number of hydrogen-bond donors (Lipinski definition) is 0. The molecule has 0 aliphatic heterocycles. The zero-order chi connectivity index (χ0) is 16.6. The summed E-state index contributed by atoms with van der Waals surface area (Å²) in [4.78, 5) is 0. The second kappa shape index (κ2) is 9.21. The topological polar surface area (TPSA) is 75.7 Å². The highest BCUT2D eigenvalue weighted by molar-refractivity contribution is 7.85. The second-order valence-corrected chi connectivity index (χ2v) is 11.0. The lowest BCUT2D eigenvalue weighted by Crippen LogP contribution is -2.44. The van der Waals surface area contributed by atoms with Gasteiger partial charge in [-0.15, -0.1) is 0 Å². The van der Waals surface area contributed by atoms with Crippen molar-refractivity contribution in [1.82, 2.24) is 0 Å². The smallest absolute Gasteiger partial charge is 0.335 e. The van der Waals surface area contributed by atoms with Crippen molar-refractivity contribution in [2.75, 3.05) is 46.2 Å². The number of quaternary nitrogens is 1. The Morgan fingerprint density at radius 3 is 1.95 bits per heavy atom. The Labute approximate surface area is 131 Å². The van der Waals surface area contributed by atoms with Crippen LogP contribution in [0.4, 0.5) is 0 Å². The van der Waals surface area contributed by atoms with Gasteiger partial charge in [0, 0.05) is 25.4 Å². The van der Waals surface area contributed by atoms with Crippen LogP contribution in [0.1, 0.15) is 26.7 Å².